The molecule has 1 aromatic heterocycles. The van der Waals surface area contributed by atoms with Gasteiger partial charge in [-0.25, -0.2) is 0 Å². The summed E-state index contributed by atoms with van der Waals surface area (Å²) >= 11 is 0. The molecule has 0 amide bonds. The number of aryl methyl sites for hydroxylation is 2. The van der Waals surface area contributed by atoms with Crippen LogP contribution >= 0.6 is 0 Å². The molecule has 6 heteroatoms. The third-order valence-corrected chi connectivity index (χ3v) is 6.87. The molecule has 1 fully saturated rings. The Balaban J connectivity index is 1.45. The Morgan fingerprint density at radius 3 is 2.53 bits per heavy atom. The highest BCUT2D eigenvalue weighted by atomic mass is 16.5. The molecule has 2 aromatic carbocycles. The van der Waals surface area contributed by atoms with E-state index in [1.165, 1.54) is 11.1 Å². The van der Waals surface area contributed by atoms with E-state index in [1.807, 2.05) is 13.8 Å². The second-order valence-electron chi connectivity index (χ2n) is 9.29. The van der Waals surface area contributed by atoms with Crippen LogP contribution in [0.4, 0.5) is 0 Å². The van der Waals surface area contributed by atoms with E-state index >= 15 is 0 Å². The highest BCUT2D eigenvalue weighted by molar-refractivity contribution is 5.69. The van der Waals surface area contributed by atoms with E-state index in [-0.39, 0.29) is 0 Å². The van der Waals surface area contributed by atoms with Crippen molar-refractivity contribution in [1.82, 2.24) is 10.1 Å². The standard InChI is InChI=1S/C28H34N2O4/c1-20-28(21(2)34-29-20)24-6-7-27-25(18-24)17-22-4-3-5-23(16-22)19-30(10-13-32-14-15-33-27)26-8-11-31-12-9-26/h3-7,16,18,26H,8-15,17,19H2,1-2H3. The number of benzene rings is 2. The number of ether oxygens (including phenoxy) is 3. The lowest BCUT2D eigenvalue weighted by atomic mass is 9.96. The largest absolute Gasteiger partial charge is 0.491 e. The van der Waals surface area contributed by atoms with Gasteiger partial charge in [-0.2, -0.15) is 0 Å². The van der Waals surface area contributed by atoms with Crippen molar-refractivity contribution in [3.8, 4) is 16.9 Å². The van der Waals surface area contributed by atoms with Gasteiger partial charge < -0.3 is 18.7 Å². The van der Waals surface area contributed by atoms with Crippen LogP contribution in [0.1, 0.15) is 41.0 Å². The van der Waals surface area contributed by atoms with E-state index in [9.17, 15) is 0 Å². The lowest BCUT2D eigenvalue weighted by Crippen LogP contribution is -2.41. The second-order valence-corrected chi connectivity index (χ2v) is 9.29. The van der Waals surface area contributed by atoms with Crippen LogP contribution in [0, 0.1) is 13.8 Å². The summed E-state index contributed by atoms with van der Waals surface area (Å²) < 4.78 is 23.2. The summed E-state index contributed by atoms with van der Waals surface area (Å²) in [6.45, 7) is 9.32. The zero-order valence-electron chi connectivity index (χ0n) is 20.2. The lowest BCUT2D eigenvalue weighted by Gasteiger charge is -2.34. The minimum absolute atomic E-state index is 0.537. The first-order valence-electron chi connectivity index (χ1n) is 12.3. The minimum atomic E-state index is 0.537. The zero-order valence-corrected chi connectivity index (χ0v) is 20.2. The fourth-order valence-electron chi connectivity index (χ4n) is 5.14. The highest BCUT2D eigenvalue weighted by Gasteiger charge is 2.22. The van der Waals surface area contributed by atoms with Crippen LogP contribution in [-0.2, 0) is 22.4 Å². The van der Waals surface area contributed by atoms with Crippen molar-refractivity contribution >= 4 is 0 Å². The van der Waals surface area contributed by atoms with Gasteiger partial charge in [0.15, 0.2) is 0 Å². The van der Waals surface area contributed by atoms with Crippen LogP contribution < -0.4 is 4.74 Å². The molecule has 0 aliphatic carbocycles. The van der Waals surface area contributed by atoms with Crippen molar-refractivity contribution in [2.45, 2.75) is 45.7 Å². The quantitative estimate of drug-likeness (QED) is 0.538. The molecular formula is C28H34N2O4. The molecule has 5 rings (SSSR count). The molecule has 34 heavy (non-hydrogen) atoms. The summed E-state index contributed by atoms with van der Waals surface area (Å²) in [4.78, 5) is 2.57. The van der Waals surface area contributed by atoms with Crippen molar-refractivity contribution in [2.75, 3.05) is 39.6 Å². The van der Waals surface area contributed by atoms with Crippen LogP contribution in [0.2, 0.25) is 0 Å². The smallest absolute Gasteiger partial charge is 0.141 e. The summed E-state index contributed by atoms with van der Waals surface area (Å²) in [7, 11) is 0. The summed E-state index contributed by atoms with van der Waals surface area (Å²) in [5, 5.41) is 4.14. The monoisotopic (exact) mass is 462 g/mol. The van der Waals surface area contributed by atoms with E-state index in [1.54, 1.807) is 0 Å². The van der Waals surface area contributed by atoms with Gasteiger partial charge in [-0.3, -0.25) is 4.90 Å². The molecule has 180 valence electrons. The Bertz CT molecular complexity index is 1080. The zero-order chi connectivity index (χ0) is 23.3. The molecule has 2 aliphatic rings. The fourth-order valence-corrected chi connectivity index (χ4v) is 5.14. The average molecular weight is 463 g/mol. The molecule has 0 spiro atoms. The van der Waals surface area contributed by atoms with Gasteiger partial charge in [0.1, 0.15) is 18.1 Å². The summed E-state index contributed by atoms with van der Waals surface area (Å²) in [5.74, 6) is 1.74. The molecule has 0 atom stereocenters. The predicted octanol–water partition coefficient (Wildman–Crippen LogP) is 4.94. The van der Waals surface area contributed by atoms with Crippen LogP contribution in [0.25, 0.3) is 11.1 Å². The second kappa shape index (κ2) is 10.7. The predicted molar refractivity (Wildman–Crippen MR) is 131 cm³/mol. The number of hydrogen-bond donors (Lipinski definition) is 0. The van der Waals surface area contributed by atoms with Crippen molar-refractivity contribution in [3.05, 3.63) is 70.6 Å². The third-order valence-electron chi connectivity index (χ3n) is 6.87. The number of aromatic nitrogens is 1. The Hall–Kier alpha value is -2.67. The maximum Gasteiger partial charge on any atom is 0.141 e. The SMILES string of the molecule is Cc1noc(C)c1-c1ccc2c(c1)Cc1cccc(c1)CN(C1CCOCC1)CCOCCO2. The number of hydrogen-bond acceptors (Lipinski definition) is 6. The number of fused-ring (bicyclic) bond motifs is 3. The molecule has 0 saturated carbocycles. The average Bonchev–Trinajstić information content (AvgIpc) is 3.19. The molecule has 6 nitrogen and oxygen atoms in total. The van der Waals surface area contributed by atoms with E-state index < -0.39 is 0 Å². The van der Waals surface area contributed by atoms with Gasteiger partial charge in [-0.05, 0) is 61.1 Å². The van der Waals surface area contributed by atoms with Gasteiger partial charge in [0.2, 0.25) is 0 Å². The van der Waals surface area contributed by atoms with Crippen LogP contribution in [-0.4, -0.2) is 55.7 Å². The summed E-state index contributed by atoms with van der Waals surface area (Å²) in [6.07, 6.45) is 2.97. The first kappa shape index (κ1) is 23.1. The molecule has 0 N–H and O–H groups in total. The van der Waals surface area contributed by atoms with Crippen LogP contribution in [0.5, 0.6) is 5.75 Å². The summed E-state index contributed by atoms with van der Waals surface area (Å²) in [6, 6.07) is 15.9. The molecule has 1 saturated heterocycles. The van der Waals surface area contributed by atoms with Crippen molar-refractivity contribution < 1.29 is 18.7 Å². The maximum absolute atomic E-state index is 6.19. The van der Waals surface area contributed by atoms with Gasteiger partial charge in [0.25, 0.3) is 0 Å². The number of nitrogens with zero attached hydrogens (tertiary/aromatic N) is 2. The molecular weight excluding hydrogens is 428 g/mol. The van der Waals surface area contributed by atoms with Gasteiger partial charge in [-0.15, -0.1) is 0 Å². The van der Waals surface area contributed by atoms with Crippen molar-refractivity contribution in [3.63, 3.8) is 0 Å². The van der Waals surface area contributed by atoms with Crippen LogP contribution in [0.15, 0.2) is 47.0 Å². The Morgan fingerprint density at radius 1 is 0.882 bits per heavy atom. The molecule has 2 aliphatic heterocycles. The maximum atomic E-state index is 6.19. The fraction of sp³-hybridized carbons (Fsp3) is 0.464. The van der Waals surface area contributed by atoms with E-state index in [0.717, 1.165) is 79.5 Å². The molecule has 3 aromatic rings. The van der Waals surface area contributed by atoms with Gasteiger partial charge in [0.05, 0.1) is 18.9 Å². The van der Waals surface area contributed by atoms with Crippen LogP contribution in [0.3, 0.4) is 0 Å². The van der Waals surface area contributed by atoms with Gasteiger partial charge in [0, 0.05) is 44.3 Å². The first-order chi connectivity index (χ1) is 16.7. The highest BCUT2D eigenvalue weighted by Crippen LogP contribution is 2.32. The minimum Gasteiger partial charge on any atom is -0.491 e. The summed E-state index contributed by atoms with van der Waals surface area (Å²) in [5.41, 5.74) is 6.86. The van der Waals surface area contributed by atoms with E-state index in [0.29, 0.717) is 25.9 Å². The molecule has 0 unspecified atom stereocenters. The Morgan fingerprint density at radius 2 is 1.71 bits per heavy atom. The molecule has 3 heterocycles. The van der Waals surface area contributed by atoms with E-state index in [2.05, 4.69) is 52.5 Å². The number of rotatable bonds is 2. The van der Waals surface area contributed by atoms with Crippen molar-refractivity contribution in [2.24, 2.45) is 0 Å². The normalized spacial score (nSPS) is 18.6. The Kier molecular flexibility index (Phi) is 7.28. The molecule has 2 bridgehead atoms. The first-order valence-corrected chi connectivity index (χ1v) is 12.3. The topological polar surface area (TPSA) is 57.0 Å². The van der Waals surface area contributed by atoms with Gasteiger partial charge >= 0.3 is 0 Å². The van der Waals surface area contributed by atoms with Gasteiger partial charge in [-0.1, -0.05) is 35.5 Å². The van der Waals surface area contributed by atoms with Crippen molar-refractivity contribution in [1.29, 1.82) is 0 Å². The lowest BCUT2D eigenvalue weighted by molar-refractivity contribution is 0.0133. The van der Waals surface area contributed by atoms with E-state index in [4.69, 9.17) is 18.7 Å². The third kappa shape index (κ3) is 5.35. The molecule has 0 radical (unpaired) electrons. The Labute approximate surface area is 201 Å².